The third-order valence-corrected chi connectivity index (χ3v) is 4.97. The van der Waals surface area contributed by atoms with Gasteiger partial charge in [-0.25, -0.2) is 9.19 Å². The largest absolute Gasteiger partial charge is 0.310 e. The molecule has 25 heavy (non-hydrogen) atoms. The molecule has 0 aliphatic heterocycles. The molecule has 0 N–H and O–H groups in total. The van der Waals surface area contributed by atoms with Crippen LogP contribution in [0.2, 0.25) is 5.15 Å². The second-order valence-corrected chi connectivity index (χ2v) is 7.84. The lowest BCUT2D eigenvalue weighted by molar-refractivity contribution is 0.672. The van der Waals surface area contributed by atoms with Crippen molar-refractivity contribution in [3.63, 3.8) is 0 Å². The quantitative estimate of drug-likeness (QED) is 0.500. The van der Waals surface area contributed by atoms with Gasteiger partial charge in [-0.15, -0.1) is 9.46 Å². The van der Waals surface area contributed by atoms with Crippen LogP contribution in [0.3, 0.4) is 0 Å². The second-order valence-electron chi connectivity index (χ2n) is 5.30. The van der Waals surface area contributed by atoms with E-state index in [1.165, 1.54) is 18.5 Å². The van der Waals surface area contributed by atoms with Crippen molar-refractivity contribution in [2.75, 3.05) is 6.26 Å². The molecule has 1 atom stereocenters. The van der Waals surface area contributed by atoms with E-state index in [2.05, 4.69) is 19.4 Å². The van der Waals surface area contributed by atoms with E-state index >= 15 is 0 Å². The molecule has 3 aromatic rings. The van der Waals surface area contributed by atoms with Crippen LogP contribution in [-0.4, -0.2) is 34.6 Å². The number of halogens is 1. The zero-order chi connectivity index (χ0) is 18.2. The predicted molar refractivity (Wildman–Crippen MR) is 90.7 cm³/mol. The molecule has 0 fully saturated rings. The van der Waals surface area contributed by atoms with E-state index in [-0.39, 0.29) is 10.9 Å². The van der Waals surface area contributed by atoms with Gasteiger partial charge in [0.15, 0.2) is 0 Å². The lowest BCUT2D eigenvalue weighted by Crippen LogP contribution is -2.20. The Bertz CT molecular complexity index is 1180. The van der Waals surface area contributed by atoms with Crippen molar-refractivity contribution in [1.29, 1.82) is 5.26 Å². The Hall–Kier alpha value is -2.77. The first-order valence-electron chi connectivity index (χ1n) is 7.00. The summed E-state index contributed by atoms with van der Waals surface area (Å²) < 4.78 is 18.5. The maximum absolute atomic E-state index is 12.4. The Morgan fingerprint density at radius 2 is 2.20 bits per heavy atom. The lowest BCUT2D eigenvalue weighted by Gasteiger charge is -2.11. The summed E-state index contributed by atoms with van der Waals surface area (Å²) in [5.74, 6) is 0.206. The Morgan fingerprint density at radius 1 is 1.44 bits per heavy atom. The van der Waals surface area contributed by atoms with Crippen molar-refractivity contribution < 1.29 is 4.21 Å². The number of hydrogen-bond donors (Lipinski definition) is 0. The van der Waals surface area contributed by atoms with Gasteiger partial charge in [0.1, 0.15) is 14.9 Å². The number of fused-ring (bicyclic) bond motifs is 1. The van der Waals surface area contributed by atoms with Crippen LogP contribution in [0.15, 0.2) is 38.7 Å². The van der Waals surface area contributed by atoms with Crippen molar-refractivity contribution in [2.24, 2.45) is 4.36 Å². The Balaban J connectivity index is 2.22. The average molecular weight is 378 g/mol. The van der Waals surface area contributed by atoms with Crippen LogP contribution in [-0.2, 0) is 16.3 Å². The Morgan fingerprint density at radius 3 is 2.84 bits per heavy atom. The van der Waals surface area contributed by atoms with Gasteiger partial charge in [-0.2, -0.15) is 14.8 Å². The van der Waals surface area contributed by atoms with E-state index in [0.29, 0.717) is 17.4 Å². The maximum Gasteiger partial charge on any atom is 0.275 e. The van der Waals surface area contributed by atoms with Crippen LogP contribution in [0.25, 0.3) is 5.78 Å². The summed E-state index contributed by atoms with van der Waals surface area (Å²) >= 11 is 5.79. The van der Waals surface area contributed by atoms with Crippen molar-refractivity contribution >= 4 is 27.1 Å². The van der Waals surface area contributed by atoms with Gasteiger partial charge in [-0.1, -0.05) is 17.7 Å². The van der Waals surface area contributed by atoms with Gasteiger partial charge in [0, 0.05) is 24.2 Å². The minimum atomic E-state index is -3.11. The molecule has 0 spiro atoms. The predicted octanol–water partition coefficient (Wildman–Crippen LogP) is 1.23. The van der Waals surface area contributed by atoms with Gasteiger partial charge in [0.2, 0.25) is 17.1 Å². The zero-order valence-corrected chi connectivity index (χ0v) is 14.8. The molecular weight excluding hydrogens is 366 g/mol. The molecule has 0 radical (unpaired) electrons. The molecule has 3 rings (SSSR count). The number of aromatic nitrogens is 5. The van der Waals surface area contributed by atoms with Crippen LogP contribution in [0.5, 0.6) is 0 Å². The van der Waals surface area contributed by atoms with Gasteiger partial charge < -0.3 is 4.57 Å². The molecule has 0 aliphatic carbocycles. The van der Waals surface area contributed by atoms with E-state index in [0.717, 1.165) is 10.1 Å². The first kappa shape index (κ1) is 17.1. The number of nitrogens with zero attached hydrogens (tertiary/aromatic N) is 7. The van der Waals surface area contributed by atoms with E-state index in [9.17, 15) is 9.00 Å². The summed E-state index contributed by atoms with van der Waals surface area (Å²) in [5, 5.41) is 12.8. The van der Waals surface area contributed by atoms with Crippen molar-refractivity contribution in [1.82, 2.24) is 24.1 Å². The maximum atomic E-state index is 12.4. The monoisotopic (exact) mass is 377 g/mol. The normalized spacial score (nSPS) is 13.4. The van der Waals surface area contributed by atoms with Crippen LogP contribution in [0, 0.1) is 18.4 Å². The first-order valence-corrected chi connectivity index (χ1v) is 9.30. The van der Waals surface area contributed by atoms with Gasteiger partial charge in [0.05, 0.1) is 6.54 Å². The molecule has 0 saturated heterocycles. The minimum absolute atomic E-state index is 0.167. The van der Waals surface area contributed by atoms with Crippen molar-refractivity contribution in [3.05, 3.63) is 51.2 Å². The third kappa shape index (κ3) is 3.24. The highest BCUT2D eigenvalue weighted by atomic mass is 35.5. The molecule has 0 bridgehead atoms. The van der Waals surface area contributed by atoms with Gasteiger partial charge in [-0.3, -0.25) is 4.79 Å². The fourth-order valence-electron chi connectivity index (χ4n) is 2.24. The standard InChI is InChI=1S/C14H12ClN7O2S/c1-9-5-12(23)22-14(19-13(20-22)25(2,24)18-8-16)21(9)7-10-3-4-11(15)17-6-10/h3-6H,7H2,1-2H3. The number of nitriles is 1. The molecule has 128 valence electrons. The van der Waals surface area contributed by atoms with E-state index in [1.807, 2.05) is 0 Å². The fourth-order valence-corrected chi connectivity index (χ4v) is 3.07. The molecule has 3 heterocycles. The Labute approximate surface area is 147 Å². The van der Waals surface area contributed by atoms with Crippen molar-refractivity contribution in [3.8, 4) is 6.19 Å². The zero-order valence-electron chi connectivity index (χ0n) is 13.2. The fraction of sp³-hybridized carbons (Fsp3) is 0.214. The van der Waals surface area contributed by atoms with Crippen LogP contribution >= 0.6 is 11.6 Å². The highest BCUT2D eigenvalue weighted by Gasteiger charge is 2.18. The molecule has 11 heteroatoms. The van der Waals surface area contributed by atoms with E-state index in [4.69, 9.17) is 16.9 Å². The summed E-state index contributed by atoms with van der Waals surface area (Å²) in [6.07, 6.45) is 4.35. The molecule has 0 aromatic carbocycles. The summed E-state index contributed by atoms with van der Waals surface area (Å²) in [5.41, 5.74) is 1.07. The van der Waals surface area contributed by atoms with Crippen LogP contribution in [0.1, 0.15) is 11.3 Å². The summed E-state index contributed by atoms with van der Waals surface area (Å²) in [6.45, 7) is 2.11. The highest BCUT2D eigenvalue weighted by Crippen LogP contribution is 2.13. The molecule has 0 amide bonds. The molecule has 3 aromatic heterocycles. The second kappa shape index (κ2) is 6.27. The molecular formula is C14H12ClN7O2S. The first-order chi connectivity index (χ1) is 11.8. The third-order valence-electron chi connectivity index (χ3n) is 3.46. The topological polar surface area (TPSA) is 118 Å². The van der Waals surface area contributed by atoms with Gasteiger partial charge in [0.25, 0.3) is 5.56 Å². The van der Waals surface area contributed by atoms with Gasteiger partial charge in [-0.05, 0) is 18.6 Å². The van der Waals surface area contributed by atoms with Crippen LogP contribution in [0.4, 0.5) is 0 Å². The summed E-state index contributed by atoms with van der Waals surface area (Å²) in [6, 6.07) is 4.86. The molecule has 9 nitrogen and oxygen atoms in total. The van der Waals surface area contributed by atoms with Gasteiger partial charge >= 0.3 is 0 Å². The number of aryl methyl sites for hydroxylation is 1. The number of pyridine rings is 1. The summed E-state index contributed by atoms with van der Waals surface area (Å²) in [4.78, 5) is 20.4. The minimum Gasteiger partial charge on any atom is -0.310 e. The van der Waals surface area contributed by atoms with Crippen LogP contribution < -0.4 is 5.56 Å². The molecule has 0 saturated carbocycles. The lowest BCUT2D eigenvalue weighted by atomic mass is 10.3. The van der Waals surface area contributed by atoms with Crippen molar-refractivity contribution in [2.45, 2.75) is 18.6 Å². The molecule has 0 aliphatic rings. The number of rotatable bonds is 3. The SMILES string of the molecule is Cc1cc(=O)n2nc(S(C)(=O)=NC#N)nc2n1Cc1ccc(Cl)nc1. The number of hydrogen-bond acceptors (Lipinski definition) is 7. The summed E-state index contributed by atoms with van der Waals surface area (Å²) in [7, 11) is -3.11. The highest BCUT2D eigenvalue weighted by molar-refractivity contribution is 7.92. The average Bonchev–Trinajstić information content (AvgIpc) is 3.00. The Kier molecular flexibility index (Phi) is 4.28. The molecule has 1 unspecified atom stereocenters. The smallest absolute Gasteiger partial charge is 0.275 e. The van der Waals surface area contributed by atoms with E-state index < -0.39 is 15.3 Å². The van der Waals surface area contributed by atoms with E-state index in [1.54, 1.807) is 29.8 Å².